The summed E-state index contributed by atoms with van der Waals surface area (Å²) in [4.78, 5) is 4.63. The Kier molecular flexibility index (Phi) is 5.22. The molecule has 0 spiro atoms. The SMILES string of the molecule is CN(C)CC(CC1CO1)(CC1CO1)N(C)C.Cl. The van der Waals surface area contributed by atoms with Crippen molar-refractivity contribution in [1.82, 2.24) is 9.80 Å². The molecular weight excluding hydrogens is 240 g/mol. The van der Waals surface area contributed by atoms with Gasteiger partial charge in [-0.25, -0.2) is 0 Å². The molecule has 17 heavy (non-hydrogen) atoms. The van der Waals surface area contributed by atoms with Gasteiger partial charge in [0, 0.05) is 12.1 Å². The third-order valence-corrected chi connectivity index (χ3v) is 3.58. The second kappa shape index (κ2) is 5.85. The summed E-state index contributed by atoms with van der Waals surface area (Å²) in [7, 11) is 8.63. The van der Waals surface area contributed by atoms with E-state index < -0.39 is 0 Å². The summed E-state index contributed by atoms with van der Waals surface area (Å²) in [5.74, 6) is 0. The van der Waals surface area contributed by atoms with Crippen LogP contribution < -0.4 is 0 Å². The number of rotatable bonds is 7. The van der Waals surface area contributed by atoms with Gasteiger partial charge in [0.2, 0.25) is 0 Å². The summed E-state index contributed by atoms with van der Waals surface area (Å²) in [6, 6.07) is 0. The first-order chi connectivity index (χ1) is 7.52. The van der Waals surface area contributed by atoms with Crippen LogP contribution in [-0.4, -0.2) is 75.5 Å². The molecule has 2 aliphatic rings. The molecule has 4 nitrogen and oxygen atoms in total. The maximum atomic E-state index is 5.41. The fourth-order valence-corrected chi connectivity index (χ4v) is 2.53. The Morgan fingerprint density at radius 1 is 1.00 bits per heavy atom. The van der Waals surface area contributed by atoms with E-state index in [0.29, 0.717) is 12.2 Å². The van der Waals surface area contributed by atoms with Crippen LogP contribution in [0.3, 0.4) is 0 Å². The van der Waals surface area contributed by atoms with Gasteiger partial charge >= 0.3 is 0 Å². The first-order valence-electron chi connectivity index (χ1n) is 6.07. The van der Waals surface area contributed by atoms with E-state index in [0.717, 1.165) is 32.6 Å². The van der Waals surface area contributed by atoms with Crippen LogP contribution in [0.25, 0.3) is 0 Å². The van der Waals surface area contributed by atoms with Crippen molar-refractivity contribution >= 4 is 12.4 Å². The van der Waals surface area contributed by atoms with Gasteiger partial charge < -0.3 is 19.3 Å². The van der Waals surface area contributed by atoms with Crippen LogP contribution >= 0.6 is 12.4 Å². The highest BCUT2D eigenvalue weighted by Crippen LogP contribution is 2.34. The number of nitrogens with zero attached hydrogens (tertiary/aromatic N) is 2. The number of likely N-dealkylation sites (N-methyl/N-ethyl adjacent to an activating group) is 2. The zero-order chi connectivity index (χ0) is 11.8. The monoisotopic (exact) mass is 264 g/mol. The topological polar surface area (TPSA) is 31.5 Å². The maximum Gasteiger partial charge on any atom is 0.0828 e. The lowest BCUT2D eigenvalue weighted by Crippen LogP contribution is -2.53. The molecule has 0 saturated carbocycles. The molecule has 2 saturated heterocycles. The average Bonchev–Trinajstić information content (AvgIpc) is 2.98. The van der Waals surface area contributed by atoms with E-state index in [1.165, 1.54) is 0 Å². The Bertz CT molecular complexity index is 218. The average molecular weight is 265 g/mol. The Labute approximate surface area is 111 Å². The zero-order valence-corrected chi connectivity index (χ0v) is 12.1. The number of epoxide rings is 2. The van der Waals surface area contributed by atoms with Crippen molar-refractivity contribution < 1.29 is 9.47 Å². The molecule has 2 fully saturated rings. The second-order valence-electron chi connectivity index (χ2n) is 5.68. The van der Waals surface area contributed by atoms with Gasteiger partial charge in [-0.2, -0.15) is 0 Å². The molecular formula is C12H25ClN2O2. The Balaban J connectivity index is 0.00000144. The van der Waals surface area contributed by atoms with Crippen molar-refractivity contribution in [2.75, 3.05) is 47.9 Å². The van der Waals surface area contributed by atoms with Crippen LogP contribution in [0.2, 0.25) is 0 Å². The fourth-order valence-electron chi connectivity index (χ4n) is 2.53. The highest BCUT2D eigenvalue weighted by molar-refractivity contribution is 5.85. The van der Waals surface area contributed by atoms with Gasteiger partial charge in [0.15, 0.2) is 0 Å². The standard InChI is InChI=1S/C12H24N2O2.ClH/c1-13(2)9-12(14(3)4,5-10-7-15-10)6-11-8-16-11;/h10-11H,5-9H2,1-4H3;1H. The number of hydrogen-bond acceptors (Lipinski definition) is 4. The van der Waals surface area contributed by atoms with Crippen molar-refractivity contribution in [2.24, 2.45) is 0 Å². The summed E-state index contributed by atoms with van der Waals surface area (Å²) >= 11 is 0. The molecule has 2 unspecified atom stereocenters. The second-order valence-corrected chi connectivity index (χ2v) is 5.68. The van der Waals surface area contributed by atoms with Crippen molar-refractivity contribution in [3.63, 3.8) is 0 Å². The first kappa shape index (κ1) is 15.2. The van der Waals surface area contributed by atoms with E-state index >= 15 is 0 Å². The van der Waals surface area contributed by atoms with Crippen LogP contribution in [0.1, 0.15) is 12.8 Å². The maximum absolute atomic E-state index is 5.41. The van der Waals surface area contributed by atoms with E-state index in [2.05, 4.69) is 38.0 Å². The molecule has 2 aliphatic heterocycles. The van der Waals surface area contributed by atoms with E-state index in [1.807, 2.05) is 0 Å². The van der Waals surface area contributed by atoms with Crippen LogP contribution in [0.4, 0.5) is 0 Å². The molecule has 2 rings (SSSR count). The lowest BCUT2D eigenvalue weighted by molar-refractivity contribution is 0.0736. The van der Waals surface area contributed by atoms with E-state index in [1.54, 1.807) is 0 Å². The highest BCUT2D eigenvalue weighted by atomic mass is 35.5. The van der Waals surface area contributed by atoms with Crippen molar-refractivity contribution in [1.29, 1.82) is 0 Å². The molecule has 0 radical (unpaired) electrons. The third-order valence-electron chi connectivity index (χ3n) is 3.58. The molecule has 2 atom stereocenters. The minimum absolute atomic E-state index is 0. The quantitative estimate of drug-likeness (QED) is 0.638. The highest BCUT2D eigenvalue weighted by Gasteiger charge is 2.44. The fraction of sp³-hybridized carbons (Fsp3) is 1.00. The molecule has 0 aliphatic carbocycles. The Hall–Kier alpha value is 0.130. The minimum Gasteiger partial charge on any atom is -0.373 e. The lowest BCUT2D eigenvalue weighted by Gasteiger charge is -2.41. The number of halogens is 1. The largest absolute Gasteiger partial charge is 0.373 e. The van der Waals surface area contributed by atoms with Gasteiger partial charge in [0.1, 0.15) is 0 Å². The zero-order valence-electron chi connectivity index (χ0n) is 11.3. The van der Waals surface area contributed by atoms with Crippen molar-refractivity contribution in [2.45, 2.75) is 30.6 Å². The van der Waals surface area contributed by atoms with E-state index in [-0.39, 0.29) is 17.9 Å². The van der Waals surface area contributed by atoms with Crippen LogP contribution in [0, 0.1) is 0 Å². The summed E-state index contributed by atoms with van der Waals surface area (Å²) in [6.07, 6.45) is 3.19. The molecule has 0 aromatic carbocycles. The van der Waals surface area contributed by atoms with Crippen molar-refractivity contribution in [3.8, 4) is 0 Å². The first-order valence-corrected chi connectivity index (χ1v) is 6.07. The summed E-state index contributed by atoms with van der Waals surface area (Å²) < 4.78 is 10.8. The molecule has 0 aromatic rings. The van der Waals surface area contributed by atoms with Crippen molar-refractivity contribution in [3.05, 3.63) is 0 Å². The van der Waals surface area contributed by atoms with E-state index in [4.69, 9.17) is 9.47 Å². The summed E-state index contributed by atoms with van der Waals surface area (Å²) in [5.41, 5.74) is 0.200. The predicted octanol–water partition coefficient (Wildman–Crippen LogP) is 0.848. The Morgan fingerprint density at radius 2 is 1.41 bits per heavy atom. The minimum atomic E-state index is 0. The van der Waals surface area contributed by atoms with Gasteiger partial charge in [-0.15, -0.1) is 12.4 Å². The molecule has 5 heteroatoms. The smallest absolute Gasteiger partial charge is 0.0828 e. The number of ether oxygens (including phenoxy) is 2. The molecule has 0 aromatic heterocycles. The van der Waals surface area contributed by atoms with Gasteiger partial charge in [-0.05, 0) is 41.0 Å². The molecule has 0 amide bonds. The third kappa shape index (κ3) is 4.38. The van der Waals surface area contributed by atoms with Gasteiger partial charge in [0.25, 0.3) is 0 Å². The summed E-state index contributed by atoms with van der Waals surface area (Å²) in [5, 5.41) is 0. The normalized spacial score (nSPS) is 30.0. The molecule has 0 bridgehead atoms. The van der Waals surface area contributed by atoms with Crippen LogP contribution in [-0.2, 0) is 9.47 Å². The van der Waals surface area contributed by atoms with Gasteiger partial charge in [-0.3, -0.25) is 0 Å². The summed E-state index contributed by atoms with van der Waals surface area (Å²) in [6.45, 7) is 2.95. The van der Waals surface area contributed by atoms with E-state index in [9.17, 15) is 0 Å². The number of hydrogen-bond donors (Lipinski definition) is 0. The Morgan fingerprint density at radius 3 is 1.65 bits per heavy atom. The van der Waals surface area contributed by atoms with Crippen LogP contribution in [0.5, 0.6) is 0 Å². The molecule has 0 N–H and O–H groups in total. The van der Waals surface area contributed by atoms with Gasteiger partial charge in [0.05, 0.1) is 25.4 Å². The van der Waals surface area contributed by atoms with Crippen LogP contribution in [0.15, 0.2) is 0 Å². The predicted molar refractivity (Wildman–Crippen MR) is 70.9 cm³/mol. The molecule has 102 valence electrons. The lowest BCUT2D eigenvalue weighted by atomic mass is 9.86. The molecule has 2 heterocycles. The van der Waals surface area contributed by atoms with Gasteiger partial charge in [-0.1, -0.05) is 0 Å².